The van der Waals surface area contributed by atoms with Crippen molar-refractivity contribution in [1.29, 1.82) is 0 Å². The highest BCUT2D eigenvalue weighted by molar-refractivity contribution is 7.09. The van der Waals surface area contributed by atoms with E-state index in [1.165, 1.54) is 0 Å². The molecule has 0 bridgehead atoms. The maximum atomic E-state index is 12.5. The Morgan fingerprint density at radius 2 is 1.96 bits per heavy atom. The smallest absolute Gasteiger partial charge is 0.228 e. The maximum absolute atomic E-state index is 12.5. The van der Waals surface area contributed by atoms with Crippen LogP contribution in [-0.2, 0) is 11.2 Å². The third-order valence-corrected chi connectivity index (χ3v) is 5.33. The quantitative estimate of drug-likeness (QED) is 0.850. The van der Waals surface area contributed by atoms with E-state index in [-0.39, 0.29) is 5.91 Å². The summed E-state index contributed by atoms with van der Waals surface area (Å²) in [4.78, 5) is 21.1. The minimum absolute atomic E-state index is 0.158. The topological polar surface area (TPSA) is 62.2 Å². The Morgan fingerprint density at radius 3 is 2.54 bits per heavy atom. The van der Waals surface area contributed by atoms with E-state index < -0.39 is 0 Å². The Morgan fingerprint density at radius 1 is 1.21 bits per heavy atom. The van der Waals surface area contributed by atoms with Gasteiger partial charge >= 0.3 is 0 Å². The molecule has 3 rings (SSSR count). The summed E-state index contributed by atoms with van der Waals surface area (Å²) in [6.45, 7) is 9.19. The van der Waals surface area contributed by atoms with Crippen LogP contribution in [0.2, 0.25) is 0 Å². The van der Waals surface area contributed by atoms with Gasteiger partial charge in [0.25, 0.3) is 0 Å². The van der Waals surface area contributed by atoms with Gasteiger partial charge in [0.15, 0.2) is 5.82 Å². The van der Waals surface area contributed by atoms with E-state index in [1.807, 2.05) is 29.3 Å². The number of amides is 1. The first-order valence-electron chi connectivity index (χ1n) is 8.30. The van der Waals surface area contributed by atoms with Crippen LogP contribution in [0.25, 0.3) is 0 Å². The molecular formula is C17H23N5OS. The first-order valence-corrected chi connectivity index (χ1v) is 9.18. The number of aromatic nitrogens is 3. The Hall–Kier alpha value is -2.02. The SMILES string of the molecule is Cc1ccc(N2CCN(C(=O)Cc3csc(C(C)C)n3)CC2)nn1. The van der Waals surface area contributed by atoms with Crippen LogP contribution in [0.15, 0.2) is 17.5 Å². The van der Waals surface area contributed by atoms with Crippen molar-refractivity contribution in [1.82, 2.24) is 20.1 Å². The number of aryl methyl sites for hydroxylation is 1. The Labute approximate surface area is 146 Å². The van der Waals surface area contributed by atoms with Gasteiger partial charge in [-0.05, 0) is 19.1 Å². The van der Waals surface area contributed by atoms with Crippen LogP contribution >= 0.6 is 11.3 Å². The fourth-order valence-electron chi connectivity index (χ4n) is 2.68. The van der Waals surface area contributed by atoms with E-state index in [4.69, 9.17) is 0 Å². The molecule has 2 aromatic heterocycles. The van der Waals surface area contributed by atoms with Gasteiger partial charge in [0.1, 0.15) is 0 Å². The Balaban J connectivity index is 1.53. The monoisotopic (exact) mass is 345 g/mol. The molecule has 0 spiro atoms. The summed E-state index contributed by atoms with van der Waals surface area (Å²) in [7, 11) is 0. The average Bonchev–Trinajstić information content (AvgIpc) is 3.04. The summed E-state index contributed by atoms with van der Waals surface area (Å²) < 4.78 is 0. The summed E-state index contributed by atoms with van der Waals surface area (Å²) in [6, 6.07) is 3.96. The van der Waals surface area contributed by atoms with Gasteiger partial charge in [-0.15, -0.1) is 16.4 Å². The van der Waals surface area contributed by atoms with Crippen LogP contribution in [0, 0.1) is 6.92 Å². The number of nitrogens with zero attached hydrogens (tertiary/aromatic N) is 5. The van der Waals surface area contributed by atoms with Gasteiger partial charge in [-0.3, -0.25) is 4.79 Å². The van der Waals surface area contributed by atoms with E-state index in [9.17, 15) is 4.79 Å². The first kappa shape index (κ1) is 16.8. The number of hydrogen-bond acceptors (Lipinski definition) is 6. The van der Waals surface area contributed by atoms with Crippen molar-refractivity contribution in [3.63, 3.8) is 0 Å². The Bertz CT molecular complexity index is 689. The molecule has 0 radical (unpaired) electrons. The van der Waals surface area contributed by atoms with Crippen LogP contribution in [-0.4, -0.2) is 52.2 Å². The second kappa shape index (κ2) is 7.25. The third kappa shape index (κ3) is 3.90. The van der Waals surface area contributed by atoms with E-state index in [0.29, 0.717) is 12.3 Å². The molecule has 6 nitrogen and oxygen atoms in total. The molecule has 1 aliphatic heterocycles. The molecule has 3 heterocycles. The normalized spacial score (nSPS) is 15.2. The Kier molecular flexibility index (Phi) is 5.08. The number of piperazine rings is 1. The highest BCUT2D eigenvalue weighted by atomic mass is 32.1. The fourth-order valence-corrected chi connectivity index (χ4v) is 3.52. The molecule has 1 amide bonds. The van der Waals surface area contributed by atoms with E-state index >= 15 is 0 Å². The lowest BCUT2D eigenvalue weighted by atomic mass is 10.2. The standard InChI is InChI=1S/C17H23N5OS/c1-12(2)17-18-14(11-24-17)10-16(23)22-8-6-21(7-9-22)15-5-4-13(3)19-20-15/h4-5,11-12H,6-10H2,1-3H3. The van der Waals surface area contributed by atoms with Crippen LogP contribution in [0.1, 0.15) is 36.2 Å². The minimum Gasteiger partial charge on any atom is -0.352 e. The minimum atomic E-state index is 0.158. The molecule has 0 N–H and O–H groups in total. The molecule has 0 saturated carbocycles. The summed E-state index contributed by atoms with van der Waals surface area (Å²) in [5.41, 5.74) is 1.80. The average molecular weight is 345 g/mol. The number of carbonyl (C=O) groups is 1. The molecule has 1 aliphatic rings. The molecule has 0 aliphatic carbocycles. The summed E-state index contributed by atoms with van der Waals surface area (Å²) in [5, 5.41) is 11.4. The predicted molar refractivity (Wildman–Crippen MR) is 95.5 cm³/mol. The highest BCUT2D eigenvalue weighted by Gasteiger charge is 2.22. The van der Waals surface area contributed by atoms with Crippen molar-refractivity contribution in [2.24, 2.45) is 0 Å². The molecule has 1 saturated heterocycles. The van der Waals surface area contributed by atoms with Crippen LogP contribution < -0.4 is 4.90 Å². The summed E-state index contributed by atoms with van der Waals surface area (Å²) >= 11 is 1.64. The molecular weight excluding hydrogens is 322 g/mol. The highest BCUT2D eigenvalue weighted by Crippen LogP contribution is 2.20. The zero-order chi connectivity index (χ0) is 17.1. The van der Waals surface area contributed by atoms with E-state index in [0.717, 1.165) is 48.4 Å². The second-order valence-corrected chi connectivity index (χ2v) is 7.30. The fraction of sp³-hybridized carbons (Fsp3) is 0.529. The molecule has 2 aromatic rings. The zero-order valence-corrected chi connectivity index (χ0v) is 15.2. The number of carbonyl (C=O) groups excluding carboxylic acids is 1. The van der Waals surface area contributed by atoms with E-state index in [2.05, 4.69) is 33.9 Å². The van der Waals surface area contributed by atoms with Gasteiger partial charge in [0, 0.05) is 37.5 Å². The third-order valence-electron chi connectivity index (χ3n) is 4.14. The molecule has 0 unspecified atom stereocenters. The molecule has 7 heteroatoms. The van der Waals surface area contributed by atoms with Crippen molar-refractivity contribution in [2.45, 2.75) is 33.1 Å². The van der Waals surface area contributed by atoms with Crippen molar-refractivity contribution in [3.05, 3.63) is 33.9 Å². The number of hydrogen-bond donors (Lipinski definition) is 0. The van der Waals surface area contributed by atoms with Crippen molar-refractivity contribution in [3.8, 4) is 0 Å². The van der Waals surface area contributed by atoms with E-state index in [1.54, 1.807) is 11.3 Å². The molecule has 0 aromatic carbocycles. The van der Waals surface area contributed by atoms with Crippen LogP contribution in [0.5, 0.6) is 0 Å². The van der Waals surface area contributed by atoms with Crippen molar-refractivity contribution in [2.75, 3.05) is 31.1 Å². The van der Waals surface area contributed by atoms with Crippen LogP contribution in [0.3, 0.4) is 0 Å². The first-order chi connectivity index (χ1) is 11.5. The largest absolute Gasteiger partial charge is 0.352 e. The van der Waals surface area contributed by atoms with Gasteiger partial charge < -0.3 is 9.80 Å². The molecule has 128 valence electrons. The summed E-state index contributed by atoms with van der Waals surface area (Å²) in [5.74, 6) is 1.46. The number of rotatable bonds is 4. The van der Waals surface area contributed by atoms with Gasteiger partial charge in [-0.25, -0.2) is 4.98 Å². The molecule has 24 heavy (non-hydrogen) atoms. The second-order valence-electron chi connectivity index (χ2n) is 6.41. The maximum Gasteiger partial charge on any atom is 0.228 e. The molecule has 1 fully saturated rings. The summed E-state index contributed by atoms with van der Waals surface area (Å²) in [6.07, 6.45) is 0.396. The van der Waals surface area contributed by atoms with Gasteiger partial charge in [0.05, 0.1) is 22.8 Å². The van der Waals surface area contributed by atoms with Crippen LogP contribution in [0.4, 0.5) is 5.82 Å². The lowest BCUT2D eigenvalue weighted by Gasteiger charge is -2.35. The predicted octanol–water partition coefficient (Wildman–Crippen LogP) is 2.26. The van der Waals surface area contributed by atoms with Crippen molar-refractivity contribution < 1.29 is 4.79 Å². The van der Waals surface area contributed by atoms with Gasteiger partial charge in [0.2, 0.25) is 5.91 Å². The lowest BCUT2D eigenvalue weighted by molar-refractivity contribution is -0.130. The van der Waals surface area contributed by atoms with Gasteiger partial charge in [-0.1, -0.05) is 13.8 Å². The van der Waals surface area contributed by atoms with Crippen molar-refractivity contribution >= 4 is 23.1 Å². The number of thiazole rings is 1. The zero-order valence-electron chi connectivity index (χ0n) is 14.4. The van der Waals surface area contributed by atoms with Gasteiger partial charge in [-0.2, -0.15) is 5.10 Å². The molecule has 0 atom stereocenters. The number of anilines is 1. The lowest BCUT2D eigenvalue weighted by Crippen LogP contribution is -2.49.